The van der Waals surface area contributed by atoms with E-state index in [4.69, 9.17) is 0 Å². The lowest BCUT2D eigenvalue weighted by Crippen LogP contribution is -2.33. The van der Waals surface area contributed by atoms with Gasteiger partial charge in [-0.1, -0.05) is 28.1 Å². The topological polar surface area (TPSA) is 66.5 Å². The number of sulfonamides is 1. The quantitative estimate of drug-likeness (QED) is 0.822. The Labute approximate surface area is 156 Å². The highest BCUT2D eigenvalue weighted by molar-refractivity contribution is 9.10. The summed E-state index contributed by atoms with van der Waals surface area (Å²) in [6, 6.07) is 12.3. The van der Waals surface area contributed by atoms with Crippen LogP contribution in [0.2, 0.25) is 0 Å². The summed E-state index contributed by atoms with van der Waals surface area (Å²) in [5, 5.41) is 0. The molecular weight excluding hydrogens is 404 g/mol. The molecule has 0 aliphatic carbocycles. The van der Waals surface area contributed by atoms with Crippen molar-refractivity contribution in [1.82, 2.24) is 4.72 Å². The molecule has 0 fully saturated rings. The summed E-state index contributed by atoms with van der Waals surface area (Å²) in [6.07, 6.45) is 0. The molecule has 3 rings (SSSR count). The van der Waals surface area contributed by atoms with Gasteiger partial charge in [-0.05, 0) is 55.3 Å². The smallest absolute Gasteiger partial charge is 0.240 e. The fourth-order valence-electron chi connectivity index (χ4n) is 2.98. The Morgan fingerprint density at radius 1 is 1.12 bits per heavy atom. The predicted molar refractivity (Wildman–Crippen MR) is 101 cm³/mol. The Morgan fingerprint density at radius 3 is 2.40 bits per heavy atom. The van der Waals surface area contributed by atoms with Crippen molar-refractivity contribution < 1.29 is 13.2 Å². The highest BCUT2D eigenvalue weighted by Gasteiger charge is 2.42. The van der Waals surface area contributed by atoms with Crippen LogP contribution in [0.3, 0.4) is 0 Å². The Kier molecular flexibility index (Phi) is 4.51. The number of nitrogens with zero attached hydrogens (tertiary/aromatic N) is 1. The second kappa shape index (κ2) is 6.23. The molecule has 1 N–H and O–H groups in total. The molecule has 0 bridgehead atoms. The molecule has 1 aliphatic rings. The molecule has 0 saturated carbocycles. The average molecular weight is 423 g/mol. The Bertz CT molecular complexity index is 937. The minimum absolute atomic E-state index is 0.0418. The van der Waals surface area contributed by atoms with E-state index in [0.717, 1.165) is 21.3 Å². The molecular formula is C18H19BrN2O3S. The van der Waals surface area contributed by atoms with Crippen LogP contribution in [-0.2, 0) is 26.8 Å². The van der Waals surface area contributed by atoms with Gasteiger partial charge in [0.2, 0.25) is 15.9 Å². The van der Waals surface area contributed by atoms with Gasteiger partial charge in [0.25, 0.3) is 0 Å². The first-order valence-electron chi connectivity index (χ1n) is 7.80. The van der Waals surface area contributed by atoms with E-state index >= 15 is 0 Å². The molecule has 1 aliphatic heterocycles. The summed E-state index contributed by atoms with van der Waals surface area (Å²) in [5.41, 5.74) is 1.61. The van der Waals surface area contributed by atoms with Crippen molar-refractivity contribution in [2.24, 2.45) is 0 Å². The summed E-state index contributed by atoms with van der Waals surface area (Å²) < 4.78 is 28.8. The average Bonchev–Trinajstić information content (AvgIpc) is 2.75. The molecule has 0 atom stereocenters. The number of likely N-dealkylation sites (N-methyl/N-ethyl adjacent to an activating group) is 1. The standard InChI is InChI=1S/C18H19BrN2O3S/c1-18(2)15-10-14(8-9-16(15)21(3)17(18)22)25(23,24)20-11-12-4-6-13(19)7-5-12/h4-10,20H,11H2,1-3H3. The third kappa shape index (κ3) is 3.23. The first kappa shape index (κ1) is 18.1. The number of carbonyl (C=O) groups excluding carboxylic acids is 1. The second-order valence-corrected chi connectivity index (χ2v) is 9.30. The van der Waals surface area contributed by atoms with Crippen LogP contribution in [0.25, 0.3) is 0 Å². The van der Waals surface area contributed by atoms with Gasteiger partial charge in [-0.25, -0.2) is 13.1 Å². The van der Waals surface area contributed by atoms with Gasteiger partial charge in [0.1, 0.15) is 0 Å². The van der Waals surface area contributed by atoms with E-state index in [-0.39, 0.29) is 17.3 Å². The molecule has 132 valence electrons. The Morgan fingerprint density at radius 2 is 1.76 bits per heavy atom. The summed E-state index contributed by atoms with van der Waals surface area (Å²) in [5.74, 6) is -0.0418. The van der Waals surface area contributed by atoms with E-state index < -0.39 is 15.4 Å². The lowest BCUT2D eigenvalue weighted by molar-refractivity contribution is -0.121. The van der Waals surface area contributed by atoms with Gasteiger partial charge in [0.15, 0.2) is 0 Å². The van der Waals surface area contributed by atoms with E-state index in [1.54, 1.807) is 24.1 Å². The van der Waals surface area contributed by atoms with Crippen molar-refractivity contribution in [3.8, 4) is 0 Å². The van der Waals surface area contributed by atoms with Crippen LogP contribution in [0.15, 0.2) is 51.8 Å². The van der Waals surface area contributed by atoms with Gasteiger partial charge in [0.05, 0.1) is 10.3 Å². The summed E-state index contributed by atoms with van der Waals surface area (Å²) in [7, 11) is -1.96. The zero-order chi connectivity index (χ0) is 18.4. The first-order chi connectivity index (χ1) is 11.6. The number of hydrogen-bond donors (Lipinski definition) is 1. The fraction of sp³-hybridized carbons (Fsp3) is 0.278. The zero-order valence-corrected chi connectivity index (χ0v) is 16.6. The zero-order valence-electron chi connectivity index (χ0n) is 14.2. The van der Waals surface area contributed by atoms with Gasteiger partial charge in [0, 0.05) is 23.8 Å². The second-order valence-electron chi connectivity index (χ2n) is 6.62. The van der Waals surface area contributed by atoms with Crippen LogP contribution in [0.4, 0.5) is 5.69 Å². The number of amides is 1. The molecule has 2 aromatic rings. The Hall–Kier alpha value is -1.70. The van der Waals surface area contributed by atoms with Crippen LogP contribution in [-0.4, -0.2) is 21.4 Å². The van der Waals surface area contributed by atoms with Crippen LogP contribution in [0.5, 0.6) is 0 Å². The summed E-state index contributed by atoms with van der Waals surface area (Å²) >= 11 is 3.35. The number of fused-ring (bicyclic) bond motifs is 1. The summed E-state index contributed by atoms with van der Waals surface area (Å²) in [4.78, 5) is 14.1. The lowest BCUT2D eigenvalue weighted by atomic mass is 9.86. The molecule has 0 saturated heterocycles. The molecule has 1 amide bonds. The third-order valence-corrected chi connectivity index (χ3v) is 6.46. The van der Waals surface area contributed by atoms with Crippen LogP contribution >= 0.6 is 15.9 Å². The number of halogens is 1. The number of rotatable bonds is 4. The maximum absolute atomic E-state index is 12.6. The molecule has 1 heterocycles. The Balaban J connectivity index is 1.88. The fourth-order valence-corrected chi connectivity index (χ4v) is 4.29. The highest BCUT2D eigenvalue weighted by Crippen LogP contribution is 2.41. The van der Waals surface area contributed by atoms with Crippen molar-refractivity contribution in [1.29, 1.82) is 0 Å². The minimum Gasteiger partial charge on any atom is -0.314 e. The number of carbonyl (C=O) groups is 1. The van der Waals surface area contributed by atoms with Gasteiger partial charge in [-0.3, -0.25) is 4.79 Å². The van der Waals surface area contributed by atoms with Crippen molar-refractivity contribution in [3.05, 3.63) is 58.1 Å². The molecule has 0 radical (unpaired) electrons. The van der Waals surface area contributed by atoms with Crippen molar-refractivity contribution in [3.63, 3.8) is 0 Å². The van der Waals surface area contributed by atoms with Crippen molar-refractivity contribution in [2.45, 2.75) is 30.7 Å². The van der Waals surface area contributed by atoms with E-state index in [1.165, 1.54) is 6.07 Å². The van der Waals surface area contributed by atoms with Crippen LogP contribution in [0.1, 0.15) is 25.0 Å². The van der Waals surface area contributed by atoms with Gasteiger partial charge < -0.3 is 4.90 Å². The molecule has 2 aromatic carbocycles. The van der Waals surface area contributed by atoms with Crippen LogP contribution < -0.4 is 9.62 Å². The van der Waals surface area contributed by atoms with Gasteiger partial charge in [-0.15, -0.1) is 0 Å². The van der Waals surface area contributed by atoms with Gasteiger partial charge in [-0.2, -0.15) is 0 Å². The summed E-state index contributed by atoms with van der Waals surface area (Å²) in [6.45, 7) is 3.82. The third-order valence-electron chi connectivity index (χ3n) is 4.53. The lowest BCUT2D eigenvalue weighted by Gasteiger charge is -2.16. The van der Waals surface area contributed by atoms with Crippen molar-refractivity contribution >= 4 is 37.5 Å². The highest BCUT2D eigenvalue weighted by atomic mass is 79.9. The minimum atomic E-state index is -3.67. The van der Waals surface area contributed by atoms with Crippen molar-refractivity contribution in [2.75, 3.05) is 11.9 Å². The molecule has 25 heavy (non-hydrogen) atoms. The van der Waals surface area contributed by atoms with Gasteiger partial charge >= 0.3 is 0 Å². The van der Waals surface area contributed by atoms with E-state index in [2.05, 4.69) is 20.7 Å². The van der Waals surface area contributed by atoms with E-state index in [9.17, 15) is 13.2 Å². The van der Waals surface area contributed by atoms with E-state index in [0.29, 0.717) is 0 Å². The predicted octanol–water partition coefficient (Wildman–Crippen LogP) is 3.18. The molecule has 0 spiro atoms. The maximum Gasteiger partial charge on any atom is 0.240 e. The first-order valence-corrected chi connectivity index (χ1v) is 10.1. The van der Waals surface area contributed by atoms with E-state index in [1.807, 2.05) is 38.1 Å². The largest absolute Gasteiger partial charge is 0.314 e. The number of benzene rings is 2. The number of hydrogen-bond acceptors (Lipinski definition) is 3. The molecule has 0 unspecified atom stereocenters. The SMILES string of the molecule is CN1C(=O)C(C)(C)c2cc(S(=O)(=O)NCc3ccc(Br)cc3)ccc21. The molecule has 0 aromatic heterocycles. The molecule has 5 nitrogen and oxygen atoms in total. The monoisotopic (exact) mass is 422 g/mol. The normalized spacial score (nSPS) is 16.2. The molecule has 7 heteroatoms. The van der Waals surface area contributed by atoms with Crippen LogP contribution in [0, 0.1) is 0 Å². The maximum atomic E-state index is 12.6. The number of nitrogens with one attached hydrogen (secondary N) is 1. The number of anilines is 1.